The quantitative estimate of drug-likeness (QED) is 0.416. The first-order valence-electron chi connectivity index (χ1n) is 9.58. The van der Waals surface area contributed by atoms with Crippen molar-refractivity contribution in [3.05, 3.63) is 70.5 Å². The van der Waals surface area contributed by atoms with E-state index in [1.165, 1.54) is 43.5 Å². The van der Waals surface area contributed by atoms with Crippen LogP contribution in [0.5, 0.6) is 0 Å². The summed E-state index contributed by atoms with van der Waals surface area (Å²) in [4.78, 5) is 20.6. The zero-order valence-electron chi connectivity index (χ0n) is 17.3. The molecule has 172 valence electrons. The van der Waals surface area contributed by atoms with Crippen LogP contribution in [0, 0.1) is 5.82 Å². The summed E-state index contributed by atoms with van der Waals surface area (Å²) in [7, 11) is -2.81. The normalized spacial score (nSPS) is 12.4. The summed E-state index contributed by atoms with van der Waals surface area (Å²) in [6, 6.07) is 8.28. The number of rotatable bonds is 4. The number of pyridine rings is 1. The molecule has 0 spiro atoms. The van der Waals surface area contributed by atoms with Gasteiger partial charge in [0.15, 0.2) is 15.5 Å². The highest BCUT2D eigenvalue weighted by Gasteiger charge is 2.35. The molecular weight excluding hydrogens is 464 g/mol. The van der Waals surface area contributed by atoms with Gasteiger partial charge in [-0.05, 0) is 23.8 Å². The molecule has 0 amide bonds. The van der Waals surface area contributed by atoms with Crippen LogP contribution in [0.15, 0.2) is 58.4 Å². The highest BCUT2D eigenvalue weighted by atomic mass is 32.2. The molecule has 0 fully saturated rings. The van der Waals surface area contributed by atoms with E-state index in [2.05, 4.69) is 9.97 Å². The number of hydrogen-bond acceptors (Lipinski definition) is 5. The molecule has 7 nitrogen and oxygen atoms in total. The lowest BCUT2D eigenvalue weighted by molar-refractivity contribution is -0.143. The van der Waals surface area contributed by atoms with Gasteiger partial charge >= 0.3 is 6.18 Å². The zero-order valence-corrected chi connectivity index (χ0v) is 18.1. The summed E-state index contributed by atoms with van der Waals surface area (Å²) in [6.45, 7) is 1.42. The number of fused-ring (bicyclic) bond motifs is 1. The van der Waals surface area contributed by atoms with Crippen molar-refractivity contribution in [1.29, 1.82) is 0 Å². The van der Waals surface area contributed by atoms with Gasteiger partial charge < -0.3 is 0 Å². The van der Waals surface area contributed by atoms with E-state index in [4.69, 9.17) is 0 Å². The molecule has 3 heterocycles. The van der Waals surface area contributed by atoms with Gasteiger partial charge in [0.1, 0.15) is 17.2 Å². The Morgan fingerprint density at radius 1 is 1.03 bits per heavy atom. The largest absolute Gasteiger partial charge is 0.433 e. The Bertz CT molecular complexity index is 1540. The van der Waals surface area contributed by atoms with E-state index in [1.807, 2.05) is 0 Å². The van der Waals surface area contributed by atoms with E-state index in [0.29, 0.717) is 21.9 Å². The van der Waals surface area contributed by atoms with E-state index in [0.717, 1.165) is 17.6 Å². The van der Waals surface area contributed by atoms with Crippen LogP contribution in [0.4, 0.5) is 17.6 Å². The molecule has 0 radical (unpaired) electrons. The van der Waals surface area contributed by atoms with E-state index < -0.39 is 33.1 Å². The Labute approximate surface area is 184 Å². The summed E-state index contributed by atoms with van der Waals surface area (Å²) in [5.41, 5.74) is -1.71. The van der Waals surface area contributed by atoms with E-state index in [9.17, 15) is 30.8 Å². The SMILES string of the molecule is CCS(=O)(=O)c1cc(-c2ccc(F)cc2)cnc1-c1cc(=O)n2c(cc(C(F)(F)F)n2C)n1. The molecule has 0 bridgehead atoms. The summed E-state index contributed by atoms with van der Waals surface area (Å²) < 4.78 is 80.0. The van der Waals surface area contributed by atoms with Gasteiger partial charge in [0.05, 0.1) is 16.3 Å². The smallest absolute Gasteiger partial charge is 0.275 e. The molecule has 12 heteroatoms. The molecule has 0 N–H and O–H groups in total. The van der Waals surface area contributed by atoms with Crippen LogP contribution in [0.1, 0.15) is 12.6 Å². The van der Waals surface area contributed by atoms with Crippen molar-refractivity contribution < 1.29 is 26.0 Å². The number of aryl methyl sites for hydroxylation is 1. The maximum atomic E-state index is 13.3. The van der Waals surface area contributed by atoms with Gasteiger partial charge in [0, 0.05) is 30.9 Å². The summed E-state index contributed by atoms with van der Waals surface area (Å²) in [5.74, 6) is -0.761. The van der Waals surface area contributed by atoms with Crippen LogP contribution in [-0.4, -0.2) is 33.3 Å². The Balaban J connectivity index is 1.96. The van der Waals surface area contributed by atoms with Gasteiger partial charge in [-0.25, -0.2) is 17.8 Å². The molecular formula is C21H16F4N4O3S. The summed E-state index contributed by atoms with van der Waals surface area (Å²) >= 11 is 0. The molecule has 0 aliphatic heterocycles. The minimum absolute atomic E-state index is 0.167. The van der Waals surface area contributed by atoms with Crippen molar-refractivity contribution >= 4 is 15.5 Å². The molecule has 0 saturated heterocycles. The molecule has 33 heavy (non-hydrogen) atoms. The van der Waals surface area contributed by atoms with Crippen molar-refractivity contribution in [2.24, 2.45) is 7.05 Å². The second-order valence-corrected chi connectivity index (χ2v) is 9.43. The average molecular weight is 480 g/mol. The van der Waals surface area contributed by atoms with E-state index in [-0.39, 0.29) is 27.7 Å². The maximum Gasteiger partial charge on any atom is 0.433 e. The fourth-order valence-electron chi connectivity index (χ4n) is 3.43. The van der Waals surface area contributed by atoms with E-state index in [1.54, 1.807) is 0 Å². The molecule has 1 aromatic carbocycles. The van der Waals surface area contributed by atoms with Gasteiger partial charge in [-0.15, -0.1) is 0 Å². The van der Waals surface area contributed by atoms with Crippen LogP contribution in [0.2, 0.25) is 0 Å². The third kappa shape index (κ3) is 4.01. The van der Waals surface area contributed by atoms with Crippen molar-refractivity contribution in [2.45, 2.75) is 18.0 Å². The first kappa shape index (κ1) is 22.6. The molecule has 4 rings (SSSR count). The van der Waals surface area contributed by atoms with Crippen molar-refractivity contribution in [1.82, 2.24) is 19.2 Å². The third-order valence-electron chi connectivity index (χ3n) is 5.11. The minimum atomic E-state index is -4.72. The van der Waals surface area contributed by atoms with Crippen LogP contribution < -0.4 is 5.56 Å². The minimum Gasteiger partial charge on any atom is -0.275 e. The Kier molecular flexibility index (Phi) is 5.35. The molecule has 0 aliphatic rings. The van der Waals surface area contributed by atoms with E-state index >= 15 is 0 Å². The number of nitrogens with zero attached hydrogens (tertiary/aromatic N) is 4. The predicted molar refractivity (Wildman–Crippen MR) is 112 cm³/mol. The van der Waals surface area contributed by atoms with Crippen molar-refractivity contribution in [3.8, 4) is 22.5 Å². The highest BCUT2D eigenvalue weighted by Crippen LogP contribution is 2.32. The maximum absolute atomic E-state index is 13.3. The summed E-state index contributed by atoms with van der Waals surface area (Å²) in [6.07, 6.45) is -3.40. The fourth-order valence-corrected chi connectivity index (χ4v) is 4.50. The Hall–Kier alpha value is -3.54. The van der Waals surface area contributed by atoms with Gasteiger partial charge in [-0.1, -0.05) is 19.1 Å². The van der Waals surface area contributed by atoms with Gasteiger partial charge in [0.25, 0.3) is 5.56 Å². The number of aromatic nitrogens is 4. The monoisotopic (exact) mass is 480 g/mol. The predicted octanol–water partition coefficient (Wildman–Crippen LogP) is 3.71. The molecule has 0 unspecified atom stereocenters. The number of halogens is 4. The lowest BCUT2D eigenvalue weighted by atomic mass is 10.1. The van der Waals surface area contributed by atoms with Gasteiger partial charge in [0.2, 0.25) is 0 Å². The van der Waals surface area contributed by atoms with Gasteiger partial charge in [-0.3, -0.25) is 14.5 Å². The highest BCUT2D eigenvalue weighted by molar-refractivity contribution is 7.91. The standard InChI is InChI=1S/C21H16F4N4O3S/c1-3-33(31,32)16-8-13(12-4-6-14(22)7-5-12)11-26-20(16)15-9-19(30)29-18(27-15)10-17(28(29)2)21(23,24)25/h4-11H,3H2,1-2H3. The molecule has 0 aliphatic carbocycles. The second-order valence-electron chi connectivity index (χ2n) is 7.18. The first-order chi connectivity index (χ1) is 15.4. The topological polar surface area (TPSA) is 86.3 Å². The van der Waals surface area contributed by atoms with Crippen molar-refractivity contribution in [3.63, 3.8) is 0 Å². The lowest BCUT2D eigenvalue weighted by Gasteiger charge is -2.11. The fraction of sp³-hybridized carbons (Fsp3) is 0.190. The molecule has 4 aromatic rings. The lowest BCUT2D eigenvalue weighted by Crippen LogP contribution is -2.22. The van der Waals surface area contributed by atoms with Gasteiger partial charge in [-0.2, -0.15) is 17.7 Å². The van der Waals surface area contributed by atoms with Crippen LogP contribution in [0.3, 0.4) is 0 Å². The number of sulfone groups is 1. The first-order valence-corrected chi connectivity index (χ1v) is 11.2. The summed E-state index contributed by atoms with van der Waals surface area (Å²) in [5, 5.41) is 0. The second kappa shape index (κ2) is 7.80. The number of alkyl halides is 3. The van der Waals surface area contributed by atoms with Crippen LogP contribution in [0.25, 0.3) is 28.2 Å². The van der Waals surface area contributed by atoms with Crippen molar-refractivity contribution in [2.75, 3.05) is 5.75 Å². The Morgan fingerprint density at radius 3 is 2.30 bits per heavy atom. The molecule has 0 atom stereocenters. The average Bonchev–Trinajstić information content (AvgIpc) is 3.11. The Morgan fingerprint density at radius 2 is 1.70 bits per heavy atom. The third-order valence-corrected chi connectivity index (χ3v) is 6.86. The molecule has 0 saturated carbocycles. The molecule has 3 aromatic heterocycles. The number of benzene rings is 1. The van der Waals surface area contributed by atoms with Crippen LogP contribution >= 0.6 is 0 Å². The zero-order chi connectivity index (χ0) is 24.1. The van der Waals surface area contributed by atoms with Crippen LogP contribution in [-0.2, 0) is 23.1 Å². The number of hydrogen-bond donors (Lipinski definition) is 0.